The van der Waals surface area contributed by atoms with Gasteiger partial charge in [-0.3, -0.25) is 9.69 Å². The molecule has 0 heterocycles. The molecule has 0 amide bonds. The van der Waals surface area contributed by atoms with Crippen molar-refractivity contribution < 1.29 is 9.53 Å². The molecule has 1 saturated carbocycles. The van der Waals surface area contributed by atoms with Crippen LogP contribution in [-0.4, -0.2) is 38.1 Å². The third-order valence-electron chi connectivity index (χ3n) is 2.24. The number of esters is 1. The zero-order valence-corrected chi connectivity index (χ0v) is 7.88. The van der Waals surface area contributed by atoms with Gasteiger partial charge in [0.25, 0.3) is 0 Å². The van der Waals surface area contributed by atoms with E-state index in [-0.39, 0.29) is 5.97 Å². The van der Waals surface area contributed by atoms with Crippen molar-refractivity contribution in [1.29, 1.82) is 0 Å². The Morgan fingerprint density at radius 2 is 2.25 bits per heavy atom. The second kappa shape index (κ2) is 4.45. The lowest BCUT2D eigenvalue weighted by Gasteiger charge is -2.13. The van der Waals surface area contributed by atoms with Crippen LogP contribution in [0.4, 0.5) is 0 Å². The zero-order chi connectivity index (χ0) is 8.97. The Morgan fingerprint density at radius 3 is 2.75 bits per heavy atom. The smallest absolute Gasteiger partial charge is 0.319 e. The molecule has 12 heavy (non-hydrogen) atoms. The van der Waals surface area contributed by atoms with Gasteiger partial charge in [0, 0.05) is 0 Å². The quantitative estimate of drug-likeness (QED) is 0.575. The maximum atomic E-state index is 10.8. The van der Waals surface area contributed by atoms with Crippen molar-refractivity contribution in [3.05, 3.63) is 0 Å². The molecule has 0 aliphatic heterocycles. The van der Waals surface area contributed by atoms with Gasteiger partial charge >= 0.3 is 5.97 Å². The lowest BCUT2D eigenvalue weighted by molar-refractivity contribution is -0.141. The first kappa shape index (κ1) is 9.52. The Bertz CT molecular complexity index is 155. The first-order valence-corrected chi connectivity index (χ1v) is 4.47. The van der Waals surface area contributed by atoms with Gasteiger partial charge in [-0.15, -0.1) is 0 Å². The summed E-state index contributed by atoms with van der Waals surface area (Å²) in [4.78, 5) is 12.8. The summed E-state index contributed by atoms with van der Waals surface area (Å²) in [5.74, 6) is 0.790. The van der Waals surface area contributed by atoms with Gasteiger partial charge in [-0.05, 0) is 25.9 Å². The molecule has 1 rings (SSSR count). The minimum Gasteiger partial charge on any atom is -0.468 e. The molecular formula is C9H17NO2. The van der Waals surface area contributed by atoms with Crippen LogP contribution in [0.2, 0.25) is 0 Å². The molecule has 0 aromatic carbocycles. The van der Waals surface area contributed by atoms with Crippen molar-refractivity contribution in [1.82, 2.24) is 4.90 Å². The van der Waals surface area contributed by atoms with Crippen molar-refractivity contribution in [2.24, 2.45) is 5.92 Å². The predicted molar refractivity (Wildman–Crippen MR) is 46.9 cm³/mol. The highest BCUT2D eigenvalue weighted by Gasteiger charge is 2.21. The number of likely N-dealkylation sites (N-methyl/N-ethyl adjacent to an activating group) is 1. The second-order valence-electron chi connectivity index (χ2n) is 3.55. The molecule has 0 aromatic rings. The summed E-state index contributed by atoms with van der Waals surface area (Å²) in [6, 6.07) is 0. The van der Waals surface area contributed by atoms with E-state index in [9.17, 15) is 4.79 Å². The minimum atomic E-state index is -0.145. The zero-order valence-electron chi connectivity index (χ0n) is 7.88. The van der Waals surface area contributed by atoms with Crippen LogP contribution in [0.25, 0.3) is 0 Å². The number of hydrogen-bond donors (Lipinski definition) is 0. The van der Waals surface area contributed by atoms with Gasteiger partial charge in [-0.1, -0.05) is 12.8 Å². The Labute approximate surface area is 73.7 Å². The van der Waals surface area contributed by atoms with Crippen molar-refractivity contribution in [2.45, 2.75) is 19.3 Å². The van der Waals surface area contributed by atoms with E-state index < -0.39 is 0 Å². The Kier molecular flexibility index (Phi) is 3.53. The molecule has 0 spiro atoms. The van der Waals surface area contributed by atoms with Crippen LogP contribution in [0.1, 0.15) is 19.3 Å². The monoisotopic (exact) mass is 171 g/mol. The molecule has 3 heteroatoms. The van der Waals surface area contributed by atoms with Crippen molar-refractivity contribution in [3.8, 4) is 0 Å². The van der Waals surface area contributed by atoms with E-state index in [1.54, 1.807) is 0 Å². The van der Waals surface area contributed by atoms with Crippen LogP contribution in [0, 0.1) is 5.92 Å². The van der Waals surface area contributed by atoms with E-state index in [4.69, 9.17) is 0 Å². The van der Waals surface area contributed by atoms with Crippen LogP contribution in [0.15, 0.2) is 0 Å². The Balaban J connectivity index is 2.01. The number of carbonyl (C=O) groups is 1. The molecular weight excluding hydrogens is 154 g/mol. The summed E-state index contributed by atoms with van der Waals surface area (Å²) >= 11 is 0. The number of hydrogen-bond acceptors (Lipinski definition) is 3. The van der Waals surface area contributed by atoms with Crippen molar-refractivity contribution in [3.63, 3.8) is 0 Å². The van der Waals surface area contributed by atoms with Crippen LogP contribution in [0.3, 0.4) is 0 Å². The summed E-state index contributed by atoms with van der Waals surface area (Å²) in [5.41, 5.74) is 0. The fraction of sp³-hybridized carbons (Fsp3) is 0.889. The van der Waals surface area contributed by atoms with E-state index in [0.717, 1.165) is 12.5 Å². The number of rotatable bonds is 5. The summed E-state index contributed by atoms with van der Waals surface area (Å²) in [5, 5.41) is 0. The molecule has 0 atom stereocenters. The molecule has 0 aromatic heterocycles. The highest BCUT2D eigenvalue weighted by Crippen LogP contribution is 2.32. The maximum absolute atomic E-state index is 10.8. The normalized spacial score (nSPS) is 16.6. The van der Waals surface area contributed by atoms with Crippen LogP contribution >= 0.6 is 0 Å². The summed E-state index contributed by atoms with van der Waals surface area (Å²) < 4.78 is 4.56. The molecule has 70 valence electrons. The maximum Gasteiger partial charge on any atom is 0.319 e. The Morgan fingerprint density at radius 1 is 1.58 bits per heavy atom. The van der Waals surface area contributed by atoms with E-state index in [1.807, 2.05) is 11.9 Å². The SMILES string of the molecule is COC(=O)CN(C)CCC1CC1. The number of methoxy groups -OCH3 is 1. The van der Waals surface area contributed by atoms with E-state index >= 15 is 0 Å². The summed E-state index contributed by atoms with van der Waals surface area (Å²) in [6.07, 6.45) is 3.99. The van der Waals surface area contributed by atoms with Gasteiger partial charge in [-0.25, -0.2) is 0 Å². The molecule has 0 bridgehead atoms. The van der Waals surface area contributed by atoms with Gasteiger partial charge in [0.05, 0.1) is 13.7 Å². The number of ether oxygens (including phenoxy) is 1. The largest absolute Gasteiger partial charge is 0.468 e. The van der Waals surface area contributed by atoms with Gasteiger partial charge in [-0.2, -0.15) is 0 Å². The topological polar surface area (TPSA) is 29.5 Å². The summed E-state index contributed by atoms with van der Waals surface area (Å²) in [6.45, 7) is 1.43. The van der Waals surface area contributed by atoms with E-state index in [1.165, 1.54) is 26.4 Å². The minimum absolute atomic E-state index is 0.145. The standard InChI is InChI=1S/C9H17NO2/c1-10(7-9(11)12-2)6-5-8-3-4-8/h8H,3-7H2,1-2H3. The Hall–Kier alpha value is -0.570. The fourth-order valence-corrected chi connectivity index (χ4v) is 1.17. The molecule has 0 saturated heterocycles. The van der Waals surface area contributed by atoms with Crippen molar-refractivity contribution in [2.75, 3.05) is 27.2 Å². The second-order valence-corrected chi connectivity index (χ2v) is 3.55. The average molecular weight is 171 g/mol. The molecule has 1 aliphatic rings. The lowest BCUT2D eigenvalue weighted by atomic mass is 10.3. The van der Waals surface area contributed by atoms with Gasteiger partial charge in [0.15, 0.2) is 0 Å². The van der Waals surface area contributed by atoms with Crippen LogP contribution < -0.4 is 0 Å². The van der Waals surface area contributed by atoms with Gasteiger partial charge in [0.2, 0.25) is 0 Å². The molecule has 3 nitrogen and oxygen atoms in total. The first-order chi connectivity index (χ1) is 5.72. The van der Waals surface area contributed by atoms with Crippen LogP contribution in [-0.2, 0) is 9.53 Å². The third-order valence-corrected chi connectivity index (χ3v) is 2.24. The summed E-state index contributed by atoms with van der Waals surface area (Å²) in [7, 11) is 3.39. The highest BCUT2D eigenvalue weighted by molar-refractivity contribution is 5.71. The highest BCUT2D eigenvalue weighted by atomic mass is 16.5. The van der Waals surface area contributed by atoms with Gasteiger partial charge in [0.1, 0.15) is 0 Å². The first-order valence-electron chi connectivity index (χ1n) is 4.47. The molecule has 0 N–H and O–H groups in total. The van der Waals surface area contributed by atoms with E-state index in [0.29, 0.717) is 6.54 Å². The molecule has 1 aliphatic carbocycles. The molecule has 0 unspecified atom stereocenters. The predicted octanol–water partition coefficient (Wildman–Crippen LogP) is 0.891. The average Bonchev–Trinajstić information content (AvgIpc) is 2.83. The lowest BCUT2D eigenvalue weighted by Crippen LogP contribution is -2.27. The molecule has 1 fully saturated rings. The van der Waals surface area contributed by atoms with Crippen molar-refractivity contribution >= 4 is 5.97 Å². The number of carbonyl (C=O) groups excluding carboxylic acids is 1. The van der Waals surface area contributed by atoms with Crippen LogP contribution in [0.5, 0.6) is 0 Å². The van der Waals surface area contributed by atoms with E-state index in [2.05, 4.69) is 4.74 Å². The third kappa shape index (κ3) is 3.72. The number of nitrogens with zero attached hydrogens (tertiary/aromatic N) is 1. The molecule has 0 radical (unpaired) electrons. The van der Waals surface area contributed by atoms with Gasteiger partial charge < -0.3 is 4.74 Å². The fourth-order valence-electron chi connectivity index (χ4n) is 1.17.